The SMILES string of the molecule is Cn1cncc1C(=O)N1CCC2(CC1)CN(c1ncccn1)CC2CO. The Hall–Kier alpha value is -2.48. The van der Waals surface area contributed by atoms with Crippen LogP contribution < -0.4 is 4.90 Å². The van der Waals surface area contributed by atoms with Gasteiger partial charge in [-0.3, -0.25) is 4.79 Å². The van der Waals surface area contributed by atoms with Gasteiger partial charge in [0, 0.05) is 58.1 Å². The van der Waals surface area contributed by atoms with E-state index < -0.39 is 0 Å². The summed E-state index contributed by atoms with van der Waals surface area (Å²) in [6.07, 6.45) is 8.52. The van der Waals surface area contributed by atoms with Crippen LogP contribution in [0.1, 0.15) is 23.3 Å². The molecule has 1 N–H and O–H groups in total. The number of piperidine rings is 1. The molecule has 1 atom stereocenters. The van der Waals surface area contributed by atoms with Crippen LogP contribution in [0, 0.1) is 11.3 Å². The van der Waals surface area contributed by atoms with Crippen LogP contribution in [0.5, 0.6) is 0 Å². The minimum atomic E-state index is 0.0111. The fraction of sp³-hybridized carbons (Fsp3) is 0.556. The zero-order chi connectivity index (χ0) is 18.1. The number of aromatic nitrogens is 4. The van der Waals surface area contributed by atoms with E-state index in [0.29, 0.717) is 18.8 Å². The number of amides is 1. The van der Waals surface area contributed by atoms with Gasteiger partial charge in [-0.25, -0.2) is 15.0 Å². The topological polar surface area (TPSA) is 87.4 Å². The largest absolute Gasteiger partial charge is 0.396 e. The van der Waals surface area contributed by atoms with Crippen LogP contribution in [0.3, 0.4) is 0 Å². The van der Waals surface area contributed by atoms with Gasteiger partial charge < -0.3 is 19.5 Å². The van der Waals surface area contributed by atoms with Crippen LogP contribution in [0.15, 0.2) is 31.0 Å². The summed E-state index contributed by atoms with van der Waals surface area (Å²) in [5.41, 5.74) is 0.627. The lowest BCUT2D eigenvalue weighted by Crippen LogP contribution is -2.47. The molecule has 8 nitrogen and oxygen atoms in total. The zero-order valence-corrected chi connectivity index (χ0v) is 15.0. The maximum atomic E-state index is 12.7. The van der Waals surface area contributed by atoms with Gasteiger partial charge in [0.2, 0.25) is 5.95 Å². The predicted molar refractivity (Wildman–Crippen MR) is 95.6 cm³/mol. The first-order valence-corrected chi connectivity index (χ1v) is 9.01. The van der Waals surface area contributed by atoms with Gasteiger partial charge in [-0.05, 0) is 24.3 Å². The minimum Gasteiger partial charge on any atom is -0.396 e. The lowest BCUT2D eigenvalue weighted by atomic mass is 9.71. The number of aliphatic hydroxyl groups is 1. The second-order valence-corrected chi connectivity index (χ2v) is 7.35. The van der Waals surface area contributed by atoms with E-state index in [1.807, 2.05) is 11.9 Å². The average Bonchev–Trinajstić information content (AvgIpc) is 3.26. The Labute approximate surface area is 152 Å². The van der Waals surface area contributed by atoms with E-state index in [-0.39, 0.29) is 23.8 Å². The molecular formula is C18H24N6O2. The molecule has 8 heteroatoms. The summed E-state index contributed by atoms with van der Waals surface area (Å²) in [4.78, 5) is 29.5. The number of carbonyl (C=O) groups is 1. The van der Waals surface area contributed by atoms with Crippen LogP contribution in [-0.4, -0.2) is 68.2 Å². The van der Waals surface area contributed by atoms with Crippen molar-refractivity contribution in [2.24, 2.45) is 18.4 Å². The van der Waals surface area contributed by atoms with E-state index in [9.17, 15) is 9.90 Å². The van der Waals surface area contributed by atoms with E-state index in [1.54, 1.807) is 35.6 Å². The van der Waals surface area contributed by atoms with Gasteiger partial charge in [-0.2, -0.15) is 0 Å². The second-order valence-electron chi connectivity index (χ2n) is 7.35. The summed E-state index contributed by atoms with van der Waals surface area (Å²) < 4.78 is 1.76. The van der Waals surface area contributed by atoms with E-state index in [2.05, 4.69) is 19.9 Å². The minimum absolute atomic E-state index is 0.0111. The van der Waals surface area contributed by atoms with Crippen LogP contribution in [0.2, 0.25) is 0 Å². The van der Waals surface area contributed by atoms with Gasteiger partial charge in [0.05, 0.1) is 12.5 Å². The summed E-state index contributed by atoms with van der Waals surface area (Å²) in [5, 5.41) is 9.95. The maximum Gasteiger partial charge on any atom is 0.272 e. The highest BCUT2D eigenvalue weighted by atomic mass is 16.3. The number of imidazole rings is 1. The van der Waals surface area contributed by atoms with Crippen LogP contribution in [-0.2, 0) is 7.05 Å². The maximum absolute atomic E-state index is 12.7. The Bertz CT molecular complexity index is 769. The molecule has 1 unspecified atom stereocenters. The van der Waals surface area contributed by atoms with Crippen molar-refractivity contribution in [2.75, 3.05) is 37.7 Å². The molecule has 1 spiro atoms. The highest BCUT2D eigenvalue weighted by molar-refractivity contribution is 5.92. The van der Waals surface area contributed by atoms with Gasteiger partial charge >= 0.3 is 0 Å². The van der Waals surface area contributed by atoms with Crippen molar-refractivity contribution in [3.8, 4) is 0 Å². The molecule has 2 aliphatic heterocycles. The molecule has 2 fully saturated rings. The number of aryl methyl sites for hydroxylation is 1. The van der Waals surface area contributed by atoms with Crippen LogP contribution >= 0.6 is 0 Å². The molecule has 2 aliphatic rings. The van der Waals surface area contributed by atoms with Gasteiger partial charge in [-0.15, -0.1) is 0 Å². The Morgan fingerprint density at radius 2 is 2.04 bits per heavy atom. The van der Waals surface area contributed by atoms with Crippen molar-refractivity contribution in [1.29, 1.82) is 0 Å². The molecule has 0 saturated carbocycles. The molecule has 2 saturated heterocycles. The van der Waals surface area contributed by atoms with E-state index in [0.717, 1.165) is 31.9 Å². The monoisotopic (exact) mass is 356 g/mol. The standard InChI is InChI=1S/C18H24N6O2/c1-22-13-19-9-15(22)16(26)23-7-3-18(4-8-23)12-24(10-14(18)11-25)17-20-5-2-6-21-17/h2,5-6,9,13-14,25H,3-4,7-8,10-12H2,1H3. The molecule has 1 amide bonds. The van der Waals surface area contributed by atoms with Crippen molar-refractivity contribution in [1.82, 2.24) is 24.4 Å². The summed E-state index contributed by atoms with van der Waals surface area (Å²) in [6, 6.07) is 1.81. The number of rotatable bonds is 3. The number of carbonyl (C=O) groups excluding carboxylic acids is 1. The molecule has 0 aromatic carbocycles. The highest BCUT2D eigenvalue weighted by Gasteiger charge is 2.48. The van der Waals surface area contributed by atoms with Crippen molar-refractivity contribution in [2.45, 2.75) is 12.8 Å². The van der Waals surface area contributed by atoms with Gasteiger partial charge in [0.25, 0.3) is 5.91 Å². The average molecular weight is 356 g/mol. The first kappa shape index (κ1) is 17.0. The first-order chi connectivity index (χ1) is 12.6. The number of likely N-dealkylation sites (tertiary alicyclic amines) is 1. The fourth-order valence-electron chi connectivity index (χ4n) is 4.34. The molecule has 4 heterocycles. The summed E-state index contributed by atoms with van der Waals surface area (Å²) in [6.45, 7) is 3.14. The van der Waals surface area contributed by atoms with E-state index in [1.165, 1.54) is 0 Å². The van der Waals surface area contributed by atoms with E-state index in [4.69, 9.17) is 0 Å². The zero-order valence-electron chi connectivity index (χ0n) is 15.0. The number of nitrogens with zero attached hydrogens (tertiary/aromatic N) is 6. The van der Waals surface area contributed by atoms with Crippen LogP contribution in [0.25, 0.3) is 0 Å². The lowest BCUT2D eigenvalue weighted by Gasteiger charge is -2.42. The Morgan fingerprint density at radius 1 is 1.31 bits per heavy atom. The number of aliphatic hydroxyl groups excluding tert-OH is 1. The molecule has 138 valence electrons. The number of hydrogen-bond donors (Lipinski definition) is 1. The van der Waals surface area contributed by atoms with Gasteiger partial charge in [-0.1, -0.05) is 0 Å². The summed E-state index contributed by atoms with van der Waals surface area (Å²) in [7, 11) is 1.84. The summed E-state index contributed by atoms with van der Waals surface area (Å²) >= 11 is 0. The number of anilines is 1. The van der Waals surface area contributed by atoms with Crippen molar-refractivity contribution >= 4 is 11.9 Å². The third-order valence-electron chi connectivity index (χ3n) is 5.95. The predicted octanol–water partition coefficient (Wildman–Crippen LogP) is 0.561. The number of hydrogen-bond acceptors (Lipinski definition) is 6. The summed E-state index contributed by atoms with van der Waals surface area (Å²) in [5.74, 6) is 0.929. The first-order valence-electron chi connectivity index (χ1n) is 9.01. The smallest absolute Gasteiger partial charge is 0.272 e. The Balaban J connectivity index is 1.47. The van der Waals surface area contributed by atoms with Crippen LogP contribution in [0.4, 0.5) is 5.95 Å². The van der Waals surface area contributed by atoms with Gasteiger partial charge in [0.1, 0.15) is 5.69 Å². The third-order valence-corrected chi connectivity index (χ3v) is 5.95. The fourth-order valence-corrected chi connectivity index (χ4v) is 4.34. The van der Waals surface area contributed by atoms with Crippen molar-refractivity contribution in [3.63, 3.8) is 0 Å². The molecule has 4 rings (SSSR count). The highest BCUT2D eigenvalue weighted by Crippen LogP contribution is 2.45. The lowest BCUT2D eigenvalue weighted by molar-refractivity contribution is 0.0409. The van der Waals surface area contributed by atoms with Crippen molar-refractivity contribution < 1.29 is 9.90 Å². The molecular weight excluding hydrogens is 332 g/mol. The molecule has 0 bridgehead atoms. The second kappa shape index (κ2) is 6.68. The Kier molecular flexibility index (Phi) is 4.36. The quantitative estimate of drug-likeness (QED) is 0.865. The molecule has 26 heavy (non-hydrogen) atoms. The molecule has 2 aromatic heterocycles. The Morgan fingerprint density at radius 3 is 2.65 bits per heavy atom. The molecule has 0 radical (unpaired) electrons. The molecule has 2 aromatic rings. The van der Waals surface area contributed by atoms with Crippen molar-refractivity contribution in [3.05, 3.63) is 36.7 Å². The third kappa shape index (κ3) is 2.84. The van der Waals surface area contributed by atoms with Gasteiger partial charge in [0.15, 0.2) is 0 Å². The van der Waals surface area contributed by atoms with E-state index >= 15 is 0 Å². The molecule has 0 aliphatic carbocycles. The normalized spacial score (nSPS) is 22.2.